The number of rotatable bonds is 8. The second-order valence-corrected chi connectivity index (χ2v) is 6.07. The van der Waals surface area contributed by atoms with Gasteiger partial charge in [-0.05, 0) is 18.6 Å². The molecule has 1 fully saturated rings. The van der Waals surface area contributed by atoms with Crippen LogP contribution in [0.3, 0.4) is 0 Å². The molecular weight excluding hydrogens is 297 g/mol. The van der Waals surface area contributed by atoms with Crippen molar-refractivity contribution >= 4 is 11.9 Å². The lowest BCUT2D eigenvalue weighted by Crippen LogP contribution is -3.13. The number of carbonyl (C=O) groups excluding carboxylic acids is 2. The van der Waals surface area contributed by atoms with E-state index in [9.17, 15) is 14.0 Å². The Labute approximate surface area is 136 Å². The molecule has 0 spiro atoms. The van der Waals surface area contributed by atoms with Crippen molar-refractivity contribution in [1.82, 2.24) is 10.6 Å². The molecule has 0 saturated heterocycles. The zero-order valence-electron chi connectivity index (χ0n) is 13.5. The molecule has 0 aliphatic heterocycles. The summed E-state index contributed by atoms with van der Waals surface area (Å²) in [6.45, 7) is 3.53. The van der Waals surface area contributed by atoms with Crippen LogP contribution >= 0.6 is 0 Å². The second-order valence-electron chi connectivity index (χ2n) is 6.07. The standard InChI is InChI=1S/C17H24FN3O2/c1-2-3-10-19-17(23)20-16(22)12-21(15-8-9-15)11-13-4-6-14(18)7-5-13/h4-7,15H,2-3,8-12H2,1H3,(H2,19,20,22,23)/p+1. The molecule has 1 aliphatic rings. The molecular formula is C17H25FN3O2+. The van der Waals surface area contributed by atoms with Gasteiger partial charge in [0.15, 0.2) is 6.54 Å². The Morgan fingerprint density at radius 2 is 1.96 bits per heavy atom. The van der Waals surface area contributed by atoms with Gasteiger partial charge in [-0.15, -0.1) is 0 Å². The maximum atomic E-state index is 13.0. The van der Waals surface area contributed by atoms with E-state index in [2.05, 4.69) is 10.6 Å². The van der Waals surface area contributed by atoms with E-state index in [1.54, 1.807) is 12.1 Å². The molecule has 0 bridgehead atoms. The van der Waals surface area contributed by atoms with E-state index in [4.69, 9.17) is 0 Å². The fraction of sp³-hybridized carbons (Fsp3) is 0.529. The highest BCUT2D eigenvalue weighted by Crippen LogP contribution is 2.15. The Kier molecular flexibility index (Phi) is 6.52. The van der Waals surface area contributed by atoms with Crippen molar-refractivity contribution in [2.45, 2.75) is 45.2 Å². The van der Waals surface area contributed by atoms with Gasteiger partial charge in [0.2, 0.25) is 0 Å². The lowest BCUT2D eigenvalue weighted by molar-refractivity contribution is -0.917. The van der Waals surface area contributed by atoms with Crippen LogP contribution in [0.4, 0.5) is 9.18 Å². The molecule has 1 atom stereocenters. The number of hydrogen-bond donors (Lipinski definition) is 3. The highest BCUT2D eigenvalue weighted by molar-refractivity contribution is 5.94. The van der Waals surface area contributed by atoms with Gasteiger partial charge in [-0.1, -0.05) is 25.5 Å². The van der Waals surface area contributed by atoms with Crippen molar-refractivity contribution in [1.29, 1.82) is 0 Å². The van der Waals surface area contributed by atoms with Crippen molar-refractivity contribution in [3.05, 3.63) is 35.6 Å². The molecule has 3 N–H and O–H groups in total. The van der Waals surface area contributed by atoms with Crippen LogP contribution < -0.4 is 15.5 Å². The fourth-order valence-electron chi connectivity index (χ4n) is 2.51. The van der Waals surface area contributed by atoms with Crippen molar-refractivity contribution in [3.8, 4) is 0 Å². The lowest BCUT2D eigenvalue weighted by Gasteiger charge is -2.18. The van der Waals surface area contributed by atoms with E-state index < -0.39 is 6.03 Å². The normalized spacial score (nSPS) is 15.0. The minimum absolute atomic E-state index is 0.253. The average molecular weight is 322 g/mol. The van der Waals surface area contributed by atoms with Crippen LogP contribution in [0.2, 0.25) is 0 Å². The molecule has 0 aromatic heterocycles. The highest BCUT2D eigenvalue weighted by atomic mass is 19.1. The van der Waals surface area contributed by atoms with Crippen LogP contribution in [0.5, 0.6) is 0 Å². The molecule has 23 heavy (non-hydrogen) atoms. The number of nitrogens with one attached hydrogen (secondary N) is 3. The number of quaternary nitrogens is 1. The maximum absolute atomic E-state index is 13.0. The smallest absolute Gasteiger partial charge is 0.321 e. The molecule has 1 unspecified atom stereocenters. The van der Waals surface area contributed by atoms with E-state index in [0.717, 1.165) is 36.1 Å². The zero-order chi connectivity index (χ0) is 16.7. The van der Waals surface area contributed by atoms with Gasteiger partial charge in [-0.2, -0.15) is 0 Å². The molecule has 1 saturated carbocycles. The molecule has 126 valence electrons. The zero-order valence-corrected chi connectivity index (χ0v) is 13.5. The van der Waals surface area contributed by atoms with Gasteiger partial charge < -0.3 is 10.2 Å². The Balaban J connectivity index is 1.81. The Morgan fingerprint density at radius 3 is 2.57 bits per heavy atom. The van der Waals surface area contributed by atoms with Crippen molar-refractivity contribution < 1.29 is 18.9 Å². The number of benzene rings is 1. The first kappa shape index (κ1) is 17.4. The summed E-state index contributed by atoms with van der Waals surface area (Å²) in [6.07, 6.45) is 4.07. The number of amides is 3. The van der Waals surface area contributed by atoms with Crippen LogP contribution in [-0.2, 0) is 11.3 Å². The summed E-state index contributed by atoms with van der Waals surface area (Å²) in [4.78, 5) is 24.7. The largest absolute Gasteiger partial charge is 0.338 e. The van der Waals surface area contributed by atoms with Crippen LogP contribution in [0.15, 0.2) is 24.3 Å². The molecule has 1 aromatic rings. The van der Waals surface area contributed by atoms with Crippen LogP contribution in [0, 0.1) is 5.82 Å². The first-order valence-electron chi connectivity index (χ1n) is 8.25. The third-order valence-electron chi connectivity index (χ3n) is 3.96. The predicted molar refractivity (Wildman–Crippen MR) is 85.4 cm³/mol. The second kappa shape index (κ2) is 8.62. The number of urea groups is 1. The van der Waals surface area contributed by atoms with Gasteiger partial charge in [-0.25, -0.2) is 9.18 Å². The number of imide groups is 1. The number of carbonyl (C=O) groups is 2. The summed E-state index contributed by atoms with van der Waals surface area (Å²) in [5.74, 6) is -0.536. The molecule has 3 amide bonds. The van der Waals surface area contributed by atoms with Gasteiger partial charge in [0, 0.05) is 24.9 Å². The SMILES string of the molecule is CCCCNC(=O)NC(=O)C[NH+](Cc1ccc(F)cc1)C1CC1. The van der Waals surface area contributed by atoms with Crippen LogP contribution in [0.1, 0.15) is 38.2 Å². The number of unbranched alkanes of at least 4 members (excludes halogenated alkanes) is 1. The Hall–Kier alpha value is -1.95. The summed E-state index contributed by atoms with van der Waals surface area (Å²) in [5.41, 5.74) is 0.994. The predicted octanol–water partition coefficient (Wildman–Crippen LogP) is 0.999. The third kappa shape index (κ3) is 6.36. The van der Waals surface area contributed by atoms with Crippen molar-refractivity contribution in [2.75, 3.05) is 13.1 Å². The molecule has 0 heterocycles. The first-order chi connectivity index (χ1) is 11.1. The molecule has 1 aromatic carbocycles. The van der Waals surface area contributed by atoms with Crippen molar-refractivity contribution in [2.24, 2.45) is 0 Å². The highest BCUT2D eigenvalue weighted by Gasteiger charge is 2.34. The third-order valence-corrected chi connectivity index (χ3v) is 3.96. The summed E-state index contributed by atoms with van der Waals surface area (Å²) in [5, 5.41) is 5.04. The van der Waals surface area contributed by atoms with E-state index in [1.807, 2.05) is 6.92 Å². The van der Waals surface area contributed by atoms with E-state index in [-0.39, 0.29) is 18.3 Å². The molecule has 5 nitrogen and oxygen atoms in total. The lowest BCUT2D eigenvalue weighted by atomic mass is 10.2. The Morgan fingerprint density at radius 1 is 1.26 bits per heavy atom. The van der Waals surface area contributed by atoms with E-state index in [0.29, 0.717) is 19.1 Å². The monoisotopic (exact) mass is 322 g/mol. The van der Waals surface area contributed by atoms with E-state index >= 15 is 0 Å². The van der Waals surface area contributed by atoms with E-state index in [1.165, 1.54) is 12.1 Å². The topological polar surface area (TPSA) is 62.6 Å². The molecule has 6 heteroatoms. The summed E-state index contributed by atoms with van der Waals surface area (Å²) < 4.78 is 13.0. The molecule has 1 aliphatic carbocycles. The minimum atomic E-state index is -0.430. The van der Waals surface area contributed by atoms with Crippen LogP contribution in [-0.4, -0.2) is 31.1 Å². The fourth-order valence-corrected chi connectivity index (χ4v) is 2.51. The number of halogens is 1. The van der Waals surface area contributed by atoms with Crippen LogP contribution in [0.25, 0.3) is 0 Å². The van der Waals surface area contributed by atoms with Gasteiger partial charge in [0.05, 0.1) is 6.04 Å². The minimum Gasteiger partial charge on any atom is -0.338 e. The molecule has 2 rings (SSSR count). The average Bonchev–Trinajstić information content (AvgIpc) is 3.33. The summed E-state index contributed by atoms with van der Waals surface area (Å²) in [7, 11) is 0. The Bertz CT molecular complexity index is 529. The maximum Gasteiger partial charge on any atom is 0.321 e. The first-order valence-corrected chi connectivity index (χ1v) is 8.25. The van der Waals surface area contributed by atoms with Gasteiger partial charge in [0.1, 0.15) is 12.4 Å². The molecule has 0 radical (unpaired) electrons. The summed E-state index contributed by atoms with van der Waals surface area (Å²) in [6, 6.07) is 6.37. The van der Waals surface area contributed by atoms with Gasteiger partial charge >= 0.3 is 6.03 Å². The summed E-state index contributed by atoms with van der Waals surface area (Å²) >= 11 is 0. The van der Waals surface area contributed by atoms with Gasteiger partial charge in [-0.3, -0.25) is 10.1 Å². The quantitative estimate of drug-likeness (QED) is 0.625. The van der Waals surface area contributed by atoms with Crippen molar-refractivity contribution in [3.63, 3.8) is 0 Å². The number of hydrogen-bond acceptors (Lipinski definition) is 2. The van der Waals surface area contributed by atoms with Gasteiger partial charge in [0.25, 0.3) is 5.91 Å².